The van der Waals surface area contributed by atoms with E-state index in [2.05, 4.69) is 47.4 Å². The molecule has 1 saturated carbocycles. The third kappa shape index (κ3) is 5.50. The van der Waals surface area contributed by atoms with Crippen molar-refractivity contribution in [3.8, 4) is 0 Å². The van der Waals surface area contributed by atoms with E-state index >= 15 is 0 Å². The minimum absolute atomic E-state index is 0. The van der Waals surface area contributed by atoms with Gasteiger partial charge in [-0.05, 0) is 35.6 Å². The first-order chi connectivity index (χ1) is 13.7. The molecular formula is C24H33ClN2O2. The highest BCUT2D eigenvalue weighted by atomic mass is 35.5. The van der Waals surface area contributed by atoms with Crippen molar-refractivity contribution in [1.29, 1.82) is 0 Å². The maximum Gasteiger partial charge on any atom is 0.219 e. The van der Waals surface area contributed by atoms with Gasteiger partial charge in [0.25, 0.3) is 0 Å². The zero-order valence-corrected chi connectivity index (χ0v) is 18.2. The first-order valence-electron chi connectivity index (χ1n) is 10.8. The first-order valence-corrected chi connectivity index (χ1v) is 10.8. The topological polar surface area (TPSA) is 32.8 Å². The number of amides is 1. The highest BCUT2D eigenvalue weighted by Gasteiger charge is 2.33. The van der Waals surface area contributed by atoms with Gasteiger partial charge in [-0.15, -0.1) is 12.4 Å². The smallest absolute Gasteiger partial charge is 0.219 e. The van der Waals surface area contributed by atoms with Crippen LogP contribution in [-0.2, 0) is 16.0 Å². The van der Waals surface area contributed by atoms with Crippen molar-refractivity contribution < 1.29 is 9.53 Å². The summed E-state index contributed by atoms with van der Waals surface area (Å²) in [5.74, 6) is 0.200. The van der Waals surface area contributed by atoms with Crippen LogP contribution in [0.4, 0.5) is 0 Å². The Morgan fingerprint density at radius 3 is 2.48 bits per heavy atom. The fourth-order valence-corrected chi connectivity index (χ4v) is 4.78. The normalized spacial score (nSPS) is 23.0. The second-order valence-corrected chi connectivity index (χ2v) is 8.23. The lowest BCUT2D eigenvalue weighted by atomic mass is 9.90. The SMILES string of the molecule is CC(=O)N1CCN([C@H]2CCCC[C@@H]2OCCc2ccc3ccccc3c2)CC1.Cl. The molecule has 4 nitrogen and oxygen atoms in total. The molecular weight excluding hydrogens is 384 g/mol. The van der Waals surface area contributed by atoms with Gasteiger partial charge in [0.1, 0.15) is 0 Å². The van der Waals surface area contributed by atoms with E-state index in [9.17, 15) is 4.79 Å². The summed E-state index contributed by atoms with van der Waals surface area (Å²) in [5, 5.41) is 2.60. The number of hydrogen-bond acceptors (Lipinski definition) is 3. The molecule has 0 spiro atoms. The molecule has 29 heavy (non-hydrogen) atoms. The number of ether oxygens (including phenoxy) is 1. The van der Waals surface area contributed by atoms with Gasteiger partial charge >= 0.3 is 0 Å². The molecule has 1 heterocycles. The first kappa shape index (κ1) is 22.1. The van der Waals surface area contributed by atoms with Crippen molar-refractivity contribution in [3.05, 3.63) is 48.0 Å². The zero-order chi connectivity index (χ0) is 19.3. The number of hydrogen-bond donors (Lipinski definition) is 0. The molecule has 2 aromatic rings. The molecule has 2 fully saturated rings. The van der Waals surface area contributed by atoms with Crippen LogP contribution in [0.2, 0.25) is 0 Å². The van der Waals surface area contributed by atoms with Gasteiger partial charge in [0.2, 0.25) is 5.91 Å². The van der Waals surface area contributed by atoms with Gasteiger partial charge in [0.15, 0.2) is 0 Å². The van der Waals surface area contributed by atoms with Gasteiger partial charge in [-0.25, -0.2) is 0 Å². The highest BCUT2D eigenvalue weighted by Crippen LogP contribution is 2.27. The van der Waals surface area contributed by atoms with Crippen molar-refractivity contribution in [3.63, 3.8) is 0 Å². The second-order valence-electron chi connectivity index (χ2n) is 8.23. The molecule has 1 amide bonds. The molecule has 0 radical (unpaired) electrons. The summed E-state index contributed by atoms with van der Waals surface area (Å²) >= 11 is 0. The summed E-state index contributed by atoms with van der Waals surface area (Å²) in [6.07, 6.45) is 6.24. The molecule has 0 bridgehead atoms. The maximum absolute atomic E-state index is 11.6. The van der Waals surface area contributed by atoms with E-state index in [1.807, 2.05) is 4.90 Å². The Morgan fingerprint density at radius 2 is 1.72 bits per heavy atom. The van der Waals surface area contributed by atoms with Gasteiger partial charge in [-0.2, -0.15) is 0 Å². The van der Waals surface area contributed by atoms with E-state index in [1.165, 1.54) is 35.6 Å². The van der Waals surface area contributed by atoms with E-state index in [0.29, 0.717) is 12.1 Å². The maximum atomic E-state index is 11.6. The Kier molecular flexibility index (Phi) is 7.93. The fraction of sp³-hybridized carbons (Fsp3) is 0.542. The van der Waals surface area contributed by atoms with Crippen LogP contribution in [0.5, 0.6) is 0 Å². The molecule has 0 N–H and O–H groups in total. The monoisotopic (exact) mass is 416 g/mol. The molecule has 1 aliphatic heterocycles. The van der Waals surface area contributed by atoms with Gasteiger partial charge < -0.3 is 9.64 Å². The molecule has 1 aliphatic carbocycles. The summed E-state index contributed by atoms with van der Waals surface area (Å²) in [6.45, 7) is 6.14. The Morgan fingerprint density at radius 1 is 1.00 bits per heavy atom. The lowest BCUT2D eigenvalue weighted by Crippen LogP contribution is -2.55. The minimum atomic E-state index is 0. The van der Waals surface area contributed by atoms with Crippen LogP contribution >= 0.6 is 12.4 Å². The average Bonchev–Trinajstić information content (AvgIpc) is 2.74. The fourth-order valence-electron chi connectivity index (χ4n) is 4.78. The number of benzene rings is 2. The predicted molar refractivity (Wildman–Crippen MR) is 121 cm³/mol. The van der Waals surface area contributed by atoms with Crippen LogP contribution < -0.4 is 0 Å². The Balaban J connectivity index is 0.00000240. The molecule has 2 aliphatic rings. The third-order valence-corrected chi connectivity index (χ3v) is 6.43. The zero-order valence-electron chi connectivity index (χ0n) is 17.4. The largest absolute Gasteiger partial charge is 0.376 e. The molecule has 0 aromatic heterocycles. The number of rotatable bonds is 5. The highest BCUT2D eigenvalue weighted by molar-refractivity contribution is 5.85. The number of carbonyl (C=O) groups is 1. The average molecular weight is 417 g/mol. The van der Waals surface area contributed by atoms with Gasteiger partial charge in [0.05, 0.1) is 12.7 Å². The van der Waals surface area contributed by atoms with Crippen molar-refractivity contribution in [2.75, 3.05) is 32.8 Å². The van der Waals surface area contributed by atoms with Crippen LogP contribution in [0.25, 0.3) is 10.8 Å². The number of nitrogens with zero attached hydrogens (tertiary/aromatic N) is 2. The van der Waals surface area contributed by atoms with Crippen LogP contribution in [0.3, 0.4) is 0 Å². The summed E-state index contributed by atoms with van der Waals surface area (Å²) in [5.41, 5.74) is 1.35. The van der Waals surface area contributed by atoms with Crippen LogP contribution in [0.1, 0.15) is 38.2 Å². The van der Waals surface area contributed by atoms with Crippen LogP contribution in [0, 0.1) is 0 Å². The Labute approximate surface area is 180 Å². The molecule has 1 saturated heterocycles. The number of piperazine rings is 1. The molecule has 158 valence electrons. The van der Waals surface area contributed by atoms with Crippen molar-refractivity contribution in [2.24, 2.45) is 0 Å². The van der Waals surface area contributed by atoms with Crippen LogP contribution in [0.15, 0.2) is 42.5 Å². The standard InChI is InChI=1S/C24H32N2O2.ClH/c1-19(27)25-13-15-26(16-14-25)23-8-4-5-9-24(23)28-17-12-20-10-11-21-6-2-3-7-22(21)18-20;/h2-3,6-7,10-11,18,23-24H,4-5,8-9,12-17H2,1H3;1H/t23-,24-;/m0./s1. The summed E-state index contributed by atoms with van der Waals surface area (Å²) in [7, 11) is 0. The number of halogens is 1. The molecule has 2 atom stereocenters. The molecule has 4 rings (SSSR count). The van der Waals surface area contributed by atoms with Crippen molar-refractivity contribution in [2.45, 2.75) is 51.2 Å². The van der Waals surface area contributed by atoms with Gasteiger partial charge in [0, 0.05) is 39.1 Å². The molecule has 2 aromatic carbocycles. The van der Waals surface area contributed by atoms with Crippen LogP contribution in [-0.4, -0.2) is 60.6 Å². The van der Waals surface area contributed by atoms with E-state index < -0.39 is 0 Å². The van der Waals surface area contributed by atoms with Crippen molar-refractivity contribution in [1.82, 2.24) is 9.80 Å². The molecule has 0 unspecified atom stereocenters. The summed E-state index contributed by atoms with van der Waals surface area (Å²) < 4.78 is 6.42. The molecule has 5 heteroatoms. The van der Waals surface area contributed by atoms with E-state index in [4.69, 9.17) is 4.74 Å². The number of fused-ring (bicyclic) bond motifs is 1. The summed E-state index contributed by atoms with van der Waals surface area (Å²) in [6, 6.07) is 15.8. The number of carbonyl (C=O) groups excluding carboxylic acids is 1. The Hall–Kier alpha value is -1.62. The van der Waals surface area contributed by atoms with Gasteiger partial charge in [-0.3, -0.25) is 9.69 Å². The lowest BCUT2D eigenvalue weighted by molar-refractivity contribution is -0.131. The van der Waals surface area contributed by atoms with E-state index in [0.717, 1.165) is 45.6 Å². The predicted octanol–water partition coefficient (Wildman–Crippen LogP) is 4.30. The Bertz CT molecular complexity index is 804. The van der Waals surface area contributed by atoms with E-state index in [-0.39, 0.29) is 18.3 Å². The van der Waals surface area contributed by atoms with E-state index in [1.54, 1.807) is 6.92 Å². The van der Waals surface area contributed by atoms with Crippen molar-refractivity contribution >= 4 is 29.1 Å². The third-order valence-electron chi connectivity index (χ3n) is 6.43. The second kappa shape index (κ2) is 10.4. The van der Waals surface area contributed by atoms with Gasteiger partial charge in [-0.1, -0.05) is 55.3 Å². The minimum Gasteiger partial charge on any atom is -0.376 e. The quantitative estimate of drug-likeness (QED) is 0.728. The summed E-state index contributed by atoms with van der Waals surface area (Å²) in [4.78, 5) is 16.1. The lowest BCUT2D eigenvalue weighted by Gasteiger charge is -2.43.